The number of nitrogens with two attached hydrogens (primary N) is 1. The molecule has 14 heavy (non-hydrogen) atoms. The van der Waals surface area contributed by atoms with Crippen LogP contribution in [0.3, 0.4) is 0 Å². The van der Waals surface area contributed by atoms with Gasteiger partial charge >= 0.3 is 0 Å². The van der Waals surface area contributed by atoms with Crippen molar-refractivity contribution in [1.29, 1.82) is 0 Å². The van der Waals surface area contributed by atoms with Crippen LogP contribution in [-0.4, -0.2) is 13.7 Å². The Balaban J connectivity index is 2.18. The molecule has 0 saturated heterocycles. The van der Waals surface area contributed by atoms with Gasteiger partial charge < -0.3 is 10.5 Å². The lowest BCUT2D eigenvalue weighted by Crippen LogP contribution is -2.19. The van der Waals surface area contributed by atoms with Gasteiger partial charge in [-0.1, -0.05) is 12.1 Å². The summed E-state index contributed by atoms with van der Waals surface area (Å²) in [4.78, 5) is 0. The molecule has 2 heteroatoms. The molecule has 0 aliphatic heterocycles. The van der Waals surface area contributed by atoms with E-state index in [0.717, 1.165) is 25.1 Å². The Morgan fingerprint density at radius 3 is 3.14 bits per heavy atom. The van der Waals surface area contributed by atoms with E-state index in [1.54, 1.807) is 7.11 Å². The largest absolute Gasteiger partial charge is 0.398 e. The first kappa shape index (κ1) is 9.53. The Morgan fingerprint density at radius 2 is 2.36 bits per heavy atom. The van der Waals surface area contributed by atoms with E-state index >= 15 is 0 Å². The fourth-order valence-electron chi connectivity index (χ4n) is 2.29. The van der Waals surface area contributed by atoms with E-state index in [9.17, 15) is 0 Å². The molecule has 0 spiro atoms. The Kier molecular flexibility index (Phi) is 2.73. The molecule has 0 heterocycles. The summed E-state index contributed by atoms with van der Waals surface area (Å²) < 4.78 is 5.20. The molecule has 1 aromatic carbocycles. The molecular weight excluding hydrogens is 174 g/mol. The summed E-state index contributed by atoms with van der Waals surface area (Å²) in [5.41, 5.74) is 9.66. The molecule has 1 atom stereocenters. The van der Waals surface area contributed by atoms with Crippen molar-refractivity contribution in [3.8, 4) is 0 Å². The maximum absolute atomic E-state index is 5.93. The maximum atomic E-state index is 5.93. The molecule has 1 aliphatic rings. The number of hydrogen-bond donors (Lipinski definition) is 1. The Bertz CT molecular complexity index is 322. The van der Waals surface area contributed by atoms with Crippen molar-refractivity contribution in [2.75, 3.05) is 19.5 Å². The van der Waals surface area contributed by atoms with Gasteiger partial charge in [0, 0.05) is 19.4 Å². The van der Waals surface area contributed by atoms with Crippen molar-refractivity contribution in [2.45, 2.75) is 19.3 Å². The van der Waals surface area contributed by atoms with Crippen molar-refractivity contribution in [3.63, 3.8) is 0 Å². The van der Waals surface area contributed by atoms with Crippen molar-refractivity contribution >= 4 is 5.69 Å². The number of fused-ring (bicyclic) bond motifs is 1. The van der Waals surface area contributed by atoms with Crippen LogP contribution in [0.2, 0.25) is 0 Å². The molecule has 0 aromatic heterocycles. The van der Waals surface area contributed by atoms with Crippen LogP contribution in [-0.2, 0) is 17.6 Å². The molecule has 1 aromatic rings. The lowest BCUT2D eigenvalue weighted by molar-refractivity contribution is 0.145. The minimum Gasteiger partial charge on any atom is -0.398 e. The van der Waals surface area contributed by atoms with E-state index in [0.29, 0.717) is 5.92 Å². The van der Waals surface area contributed by atoms with Gasteiger partial charge in [-0.3, -0.25) is 0 Å². The molecule has 0 amide bonds. The van der Waals surface area contributed by atoms with Gasteiger partial charge in [-0.25, -0.2) is 0 Å². The molecular formula is C12H17NO. The van der Waals surface area contributed by atoms with Gasteiger partial charge in [-0.15, -0.1) is 0 Å². The standard InChI is InChI=1S/C12H17NO/c1-14-8-9-5-6-11-10(7-9)3-2-4-12(11)13/h2-4,9H,5-8,13H2,1H3. The number of methoxy groups -OCH3 is 1. The third-order valence-corrected chi connectivity index (χ3v) is 3.02. The highest BCUT2D eigenvalue weighted by Gasteiger charge is 2.19. The van der Waals surface area contributed by atoms with E-state index in [2.05, 4.69) is 6.07 Å². The number of ether oxygens (including phenoxy) is 1. The van der Waals surface area contributed by atoms with E-state index in [1.165, 1.54) is 17.5 Å². The second-order valence-corrected chi connectivity index (χ2v) is 4.05. The van der Waals surface area contributed by atoms with Crippen molar-refractivity contribution in [1.82, 2.24) is 0 Å². The van der Waals surface area contributed by atoms with Gasteiger partial charge in [0.25, 0.3) is 0 Å². The second-order valence-electron chi connectivity index (χ2n) is 4.05. The summed E-state index contributed by atoms with van der Waals surface area (Å²) in [5, 5.41) is 0. The average Bonchev–Trinajstić information content (AvgIpc) is 2.18. The topological polar surface area (TPSA) is 35.2 Å². The Morgan fingerprint density at radius 1 is 1.50 bits per heavy atom. The Hall–Kier alpha value is -1.02. The van der Waals surface area contributed by atoms with Gasteiger partial charge in [0.15, 0.2) is 0 Å². The van der Waals surface area contributed by atoms with Crippen LogP contribution in [0.5, 0.6) is 0 Å². The van der Waals surface area contributed by atoms with Gasteiger partial charge in [-0.05, 0) is 42.4 Å². The SMILES string of the molecule is COCC1CCc2c(N)cccc2C1. The van der Waals surface area contributed by atoms with E-state index < -0.39 is 0 Å². The van der Waals surface area contributed by atoms with E-state index in [-0.39, 0.29) is 0 Å². The predicted octanol–water partition coefficient (Wildman–Crippen LogP) is 2.02. The third kappa shape index (κ3) is 1.75. The fourth-order valence-corrected chi connectivity index (χ4v) is 2.29. The molecule has 2 rings (SSSR count). The van der Waals surface area contributed by atoms with Gasteiger partial charge in [0.05, 0.1) is 0 Å². The highest BCUT2D eigenvalue weighted by molar-refractivity contribution is 5.51. The van der Waals surface area contributed by atoms with Crippen LogP contribution in [0.25, 0.3) is 0 Å². The summed E-state index contributed by atoms with van der Waals surface area (Å²) in [5.74, 6) is 0.675. The quantitative estimate of drug-likeness (QED) is 0.726. The number of anilines is 1. The Labute approximate surface area is 85.1 Å². The normalized spacial score (nSPS) is 20.5. The average molecular weight is 191 g/mol. The van der Waals surface area contributed by atoms with E-state index in [4.69, 9.17) is 10.5 Å². The number of hydrogen-bond acceptors (Lipinski definition) is 2. The van der Waals surface area contributed by atoms with Crippen LogP contribution in [0.4, 0.5) is 5.69 Å². The first-order chi connectivity index (χ1) is 6.81. The smallest absolute Gasteiger partial charge is 0.0493 e. The van der Waals surface area contributed by atoms with Gasteiger partial charge in [0.1, 0.15) is 0 Å². The zero-order valence-corrected chi connectivity index (χ0v) is 8.62. The summed E-state index contributed by atoms with van der Waals surface area (Å²) in [6, 6.07) is 6.23. The number of rotatable bonds is 2. The monoisotopic (exact) mass is 191 g/mol. The van der Waals surface area contributed by atoms with Crippen molar-refractivity contribution in [2.24, 2.45) is 5.92 Å². The second kappa shape index (κ2) is 4.01. The lowest BCUT2D eigenvalue weighted by atomic mass is 9.83. The highest BCUT2D eigenvalue weighted by Crippen LogP contribution is 2.29. The molecule has 76 valence electrons. The minimum atomic E-state index is 0.675. The van der Waals surface area contributed by atoms with Crippen LogP contribution >= 0.6 is 0 Å². The van der Waals surface area contributed by atoms with Crippen molar-refractivity contribution < 1.29 is 4.74 Å². The lowest BCUT2D eigenvalue weighted by Gasteiger charge is -2.24. The maximum Gasteiger partial charge on any atom is 0.0493 e. The summed E-state index contributed by atoms with van der Waals surface area (Å²) >= 11 is 0. The van der Waals surface area contributed by atoms with Crippen molar-refractivity contribution in [3.05, 3.63) is 29.3 Å². The summed E-state index contributed by atoms with van der Waals surface area (Å²) in [6.45, 7) is 0.869. The molecule has 0 fully saturated rings. The molecule has 2 N–H and O–H groups in total. The molecule has 0 saturated carbocycles. The van der Waals surface area contributed by atoms with Gasteiger partial charge in [0.2, 0.25) is 0 Å². The van der Waals surface area contributed by atoms with Crippen LogP contribution in [0.1, 0.15) is 17.5 Å². The third-order valence-electron chi connectivity index (χ3n) is 3.02. The zero-order valence-electron chi connectivity index (χ0n) is 8.62. The van der Waals surface area contributed by atoms with Gasteiger partial charge in [-0.2, -0.15) is 0 Å². The fraction of sp³-hybridized carbons (Fsp3) is 0.500. The first-order valence-electron chi connectivity index (χ1n) is 5.16. The highest BCUT2D eigenvalue weighted by atomic mass is 16.5. The van der Waals surface area contributed by atoms with Crippen LogP contribution < -0.4 is 5.73 Å². The van der Waals surface area contributed by atoms with Crippen LogP contribution in [0, 0.1) is 5.92 Å². The molecule has 1 aliphatic carbocycles. The van der Waals surface area contributed by atoms with Crippen LogP contribution in [0.15, 0.2) is 18.2 Å². The molecule has 0 bridgehead atoms. The molecule has 2 nitrogen and oxygen atoms in total. The number of benzene rings is 1. The zero-order chi connectivity index (χ0) is 9.97. The first-order valence-corrected chi connectivity index (χ1v) is 5.16. The van der Waals surface area contributed by atoms with E-state index in [1.807, 2.05) is 12.1 Å². The summed E-state index contributed by atoms with van der Waals surface area (Å²) in [7, 11) is 1.77. The minimum absolute atomic E-state index is 0.675. The number of nitrogen functional groups attached to an aromatic ring is 1. The summed E-state index contributed by atoms with van der Waals surface area (Å²) in [6.07, 6.45) is 3.43. The molecule has 1 unspecified atom stereocenters. The predicted molar refractivity (Wildman–Crippen MR) is 58.2 cm³/mol. The molecule has 0 radical (unpaired) electrons.